The Bertz CT molecular complexity index is 781. The third-order valence-corrected chi connectivity index (χ3v) is 5.36. The van der Waals surface area contributed by atoms with Gasteiger partial charge in [0.1, 0.15) is 11.6 Å². The molecule has 2 saturated heterocycles. The summed E-state index contributed by atoms with van der Waals surface area (Å²) in [7, 11) is 1.68. The molecule has 2 aromatic rings. The fourth-order valence-corrected chi connectivity index (χ4v) is 3.77. The Balaban J connectivity index is 1.34. The van der Waals surface area contributed by atoms with Gasteiger partial charge in [0.15, 0.2) is 5.79 Å². The standard InChI is InChI=1S/C21H28N4O3/c1-16-15-19(25-11-8-21(9-12-25)27-13-14-28-21)24-20(23-16)22-10-7-17-3-5-18(26-2)6-4-17/h3-6,15H,7-14H2,1-2H3,(H,22,23,24). The molecule has 0 bridgehead atoms. The van der Waals surface area contributed by atoms with Crippen LogP contribution in [0.4, 0.5) is 11.8 Å². The minimum atomic E-state index is -0.363. The molecule has 3 heterocycles. The average molecular weight is 384 g/mol. The van der Waals surface area contributed by atoms with Crippen molar-refractivity contribution in [3.63, 3.8) is 0 Å². The summed E-state index contributed by atoms with van der Waals surface area (Å²) >= 11 is 0. The molecule has 1 aromatic heterocycles. The summed E-state index contributed by atoms with van der Waals surface area (Å²) in [6.07, 6.45) is 2.64. The summed E-state index contributed by atoms with van der Waals surface area (Å²) in [5.74, 6) is 2.16. The van der Waals surface area contributed by atoms with Gasteiger partial charge in [0.25, 0.3) is 0 Å². The molecule has 2 aliphatic heterocycles. The molecule has 1 spiro atoms. The lowest BCUT2D eigenvalue weighted by Gasteiger charge is -2.38. The van der Waals surface area contributed by atoms with Crippen LogP contribution in [0.1, 0.15) is 24.1 Å². The summed E-state index contributed by atoms with van der Waals surface area (Å²) in [4.78, 5) is 11.6. The van der Waals surface area contributed by atoms with E-state index in [1.807, 2.05) is 25.1 Å². The first-order valence-corrected chi connectivity index (χ1v) is 9.91. The second-order valence-corrected chi connectivity index (χ2v) is 7.31. The number of hydrogen-bond acceptors (Lipinski definition) is 7. The number of ether oxygens (including phenoxy) is 3. The molecule has 0 saturated carbocycles. The lowest BCUT2D eigenvalue weighted by Crippen LogP contribution is -2.45. The Labute approximate surface area is 166 Å². The maximum atomic E-state index is 5.82. The van der Waals surface area contributed by atoms with E-state index < -0.39 is 0 Å². The van der Waals surface area contributed by atoms with E-state index in [4.69, 9.17) is 19.2 Å². The zero-order valence-electron chi connectivity index (χ0n) is 16.6. The molecule has 2 aliphatic rings. The first-order valence-electron chi connectivity index (χ1n) is 9.91. The fraction of sp³-hybridized carbons (Fsp3) is 0.524. The first kappa shape index (κ1) is 19.0. The van der Waals surface area contributed by atoms with Gasteiger partial charge in [-0.2, -0.15) is 4.98 Å². The van der Waals surface area contributed by atoms with E-state index >= 15 is 0 Å². The lowest BCUT2D eigenvalue weighted by atomic mass is 10.0. The van der Waals surface area contributed by atoms with E-state index in [0.29, 0.717) is 19.2 Å². The second kappa shape index (κ2) is 8.32. The highest BCUT2D eigenvalue weighted by molar-refractivity contribution is 5.45. The van der Waals surface area contributed by atoms with Gasteiger partial charge in [0.2, 0.25) is 5.95 Å². The molecule has 28 heavy (non-hydrogen) atoms. The smallest absolute Gasteiger partial charge is 0.224 e. The van der Waals surface area contributed by atoms with E-state index in [0.717, 1.165) is 56.2 Å². The third-order valence-electron chi connectivity index (χ3n) is 5.36. The van der Waals surface area contributed by atoms with Gasteiger partial charge in [-0.15, -0.1) is 0 Å². The van der Waals surface area contributed by atoms with Crippen LogP contribution in [0, 0.1) is 6.92 Å². The highest BCUT2D eigenvalue weighted by atomic mass is 16.7. The molecule has 0 atom stereocenters. The molecular weight excluding hydrogens is 356 g/mol. The van der Waals surface area contributed by atoms with Crippen LogP contribution in [0.5, 0.6) is 5.75 Å². The maximum Gasteiger partial charge on any atom is 0.224 e. The van der Waals surface area contributed by atoms with Crippen molar-refractivity contribution in [1.82, 2.24) is 9.97 Å². The Morgan fingerprint density at radius 2 is 1.82 bits per heavy atom. The van der Waals surface area contributed by atoms with Gasteiger partial charge >= 0.3 is 0 Å². The zero-order chi connectivity index (χ0) is 19.4. The van der Waals surface area contributed by atoms with E-state index in [-0.39, 0.29) is 5.79 Å². The molecule has 0 aliphatic carbocycles. The lowest BCUT2D eigenvalue weighted by molar-refractivity contribution is -0.169. The van der Waals surface area contributed by atoms with Crippen molar-refractivity contribution in [2.45, 2.75) is 32.0 Å². The highest BCUT2D eigenvalue weighted by Gasteiger charge is 2.40. The molecule has 1 N–H and O–H groups in total. The molecule has 150 valence electrons. The quantitative estimate of drug-likeness (QED) is 0.821. The maximum absolute atomic E-state index is 5.82. The van der Waals surface area contributed by atoms with Crippen molar-refractivity contribution < 1.29 is 14.2 Å². The van der Waals surface area contributed by atoms with Crippen molar-refractivity contribution in [3.8, 4) is 5.75 Å². The Kier molecular flexibility index (Phi) is 5.64. The van der Waals surface area contributed by atoms with Crippen LogP contribution in [0.25, 0.3) is 0 Å². The number of aryl methyl sites for hydroxylation is 1. The van der Waals surface area contributed by atoms with E-state index in [2.05, 4.69) is 27.3 Å². The average Bonchev–Trinajstić information content (AvgIpc) is 3.16. The van der Waals surface area contributed by atoms with Crippen molar-refractivity contribution in [2.75, 3.05) is 50.2 Å². The number of nitrogens with zero attached hydrogens (tertiary/aromatic N) is 3. The predicted octanol–water partition coefficient (Wildman–Crippen LogP) is 2.79. The molecule has 7 heteroatoms. The second-order valence-electron chi connectivity index (χ2n) is 7.31. The fourth-order valence-electron chi connectivity index (χ4n) is 3.77. The summed E-state index contributed by atoms with van der Waals surface area (Å²) in [5.41, 5.74) is 2.21. The minimum Gasteiger partial charge on any atom is -0.497 e. The van der Waals surface area contributed by atoms with Gasteiger partial charge in [0, 0.05) is 44.2 Å². The predicted molar refractivity (Wildman–Crippen MR) is 108 cm³/mol. The highest BCUT2D eigenvalue weighted by Crippen LogP contribution is 2.33. The van der Waals surface area contributed by atoms with Gasteiger partial charge in [-0.1, -0.05) is 12.1 Å². The number of benzene rings is 1. The summed E-state index contributed by atoms with van der Waals surface area (Å²) in [5, 5.41) is 3.36. The molecular formula is C21H28N4O3. The number of nitrogens with one attached hydrogen (secondary N) is 1. The van der Waals surface area contributed by atoms with Crippen LogP contribution in [0.15, 0.2) is 30.3 Å². The van der Waals surface area contributed by atoms with Crippen LogP contribution in [-0.2, 0) is 15.9 Å². The van der Waals surface area contributed by atoms with Gasteiger partial charge < -0.3 is 24.4 Å². The summed E-state index contributed by atoms with van der Waals surface area (Å²) in [6, 6.07) is 10.2. The molecule has 2 fully saturated rings. The number of methoxy groups -OCH3 is 1. The Morgan fingerprint density at radius 3 is 2.50 bits per heavy atom. The monoisotopic (exact) mass is 384 g/mol. The first-order chi connectivity index (χ1) is 13.7. The van der Waals surface area contributed by atoms with Gasteiger partial charge in [0.05, 0.1) is 20.3 Å². The molecule has 4 rings (SSSR count). The number of anilines is 2. The van der Waals surface area contributed by atoms with Crippen molar-refractivity contribution in [2.24, 2.45) is 0 Å². The Hall–Kier alpha value is -2.38. The molecule has 7 nitrogen and oxygen atoms in total. The van der Waals surface area contributed by atoms with Crippen LogP contribution >= 0.6 is 0 Å². The van der Waals surface area contributed by atoms with Crippen LogP contribution < -0.4 is 15.0 Å². The SMILES string of the molecule is COc1ccc(CCNc2nc(C)cc(N3CCC4(CC3)OCCO4)n2)cc1. The molecule has 0 unspecified atom stereocenters. The molecule has 1 aromatic carbocycles. The van der Waals surface area contributed by atoms with Crippen LogP contribution in [0.3, 0.4) is 0 Å². The van der Waals surface area contributed by atoms with Crippen molar-refractivity contribution in [3.05, 3.63) is 41.6 Å². The topological polar surface area (TPSA) is 68.7 Å². The van der Waals surface area contributed by atoms with Crippen LogP contribution in [0.2, 0.25) is 0 Å². The van der Waals surface area contributed by atoms with Crippen LogP contribution in [-0.4, -0.2) is 55.7 Å². The molecule has 0 amide bonds. The van der Waals surface area contributed by atoms with E-state index in [1.165, 1.54) is 5.56 Å². The number of rotatable bonds is 6. The summed E-state index contributed by atoms with van der Waals surface area (Å²) in [6.45, 7) is 5.95. The minimum absolute atomic E-state index is 0.363. The van der Waals surface area contributed by atoms with E-state index in [9.17, 15) is 0 Å². The zero-order valence-corrected chi connectivity index (χ0v) is 16.6. The van der Waals surface area contributed by atoms with Gasteiger partial charge in [-0.3, -0.25) is 0 Å². The Morgan fingerprint density at radius 1 is 1.11 bits per heavy atom. The van der Waals surface area contributed by atoms with Gasteiger partial charge in [-0.25, -0.2) is 4.98 Å². The molecule has 0 radical (unpaired) electrons. The number of aromatic nitrogens is 2. The normalized spacial score (nSPS) is 18.4. The largest absolute Gasteiger partial charge is 0.497 e. The van der Waals surface area contributed by atoms with E-state index in [1.54, 1.807) is 7.11 Å². The number of piperidine rings is 1. The van der Waals surface area contributed by atoms with Gasteiger partial charge in [-0.05, 0) is 31.0 Å². The van der Waals surface area contributed by atoms with Crippen molar-refractivity contribution >= 4 is 11.8 Å². The van der Waals surface area contributed by atoms with Crippen molar-refractivity contribution in [1.29, 1.82) is 0 Å². The summed E-state index contributed by atoms with van der Waals surface area (Å²) < 4.78 is 16.8. The third kappa shape index (κ3) is 4.36. The number of hydrogen-bond donors (Lipinski definition) is 1.